The smallest absolute Gasteiger partial charge is 0.147 e. The molecule has 2 aromatic rings. The van der Waals surface area contributed by atoms with Crippen molar-refractivity contribution in [3.63, 3.8) is 0 Å². The van der Waals surface area contributed by atoms with Crippen LogP contribution in [0.25, 0.3) is 0 Å². The summed E-state index contributed by atoms with van der Waals surface area (Å²) in [6, 6.07) is 2.05. The van der Waals surface area contributed by atoms with E-state index in [1.54, 1.807) is 6.33 Å². The van der Waals surface area contributed by atoms with Crippen molar-refractivity contribution in [2.24, 2.45) is 5.73 Å². The standard InChI is InChI=1S/C12H17N5O/c1-9-10(5-13)4-11(18-9)6-16-2-3-17-8-14-15-12(17)7-16/h4,8H,2-3,5-7,13H2,1H3. The Balaban J connectivity index is 1.70. The maximum absolute atomic E-state index is 5.71. The second kappa shape index (κ2) is 4.55. The Morgan fingerprint density at radius 3 is 3.11 bits per heavy atom. The number of hydrogen-bond acceptors (Lipinski definition) is 5. The molecule has 0 bridgehead atoms. The van der Waals surface area contributed by atoms with Gasteiger partial charge in [-0.2, -0.15) is 0 Å². The highest BCUT2D eigenvalue weighted by Gasteiger charge is 2.19. The van der Waals surface area contributed by atoms with Gasteiger partial charge in [-0.05, 0) is 13.0 Å². The minimum atomic E-state index is 0.531. The lowest BCUT2D eigenvalue weighted by Crippen LogP contribution is -2.33. The average Bonchev–Trinajstić information content (AvgIpc) is 2.95. The number of aryl methyl sites for hydroxylation is 1. The summed E-state index contributed by atoms with van der Waals surface area (Å²) in [7, 11) is 0. The number of fused-ring (bicyclic) bond motifs is 1. The third-order valence-corrected chi connectivity index (χ3v) is 3.39. The number of nitrogens with two attached hydrogens (primary N) is 1. The molecule has 6 nitrogen and oxygen atoms in total. The van der Waals surface area contributed by atoms with Crippen LogP contribution in [0.2, 0.25) is 0 Å². The van der Waals surface area contributed by atoms with E-state index in [2.05, 4.69) is 25.7 Å². The predicted molar refractivity (Wildman–Crippen MR) is 65.5 cm³/mol. The number of aromatic nitrogens is 3. The first kappa shape index (κ1) is 11.4. The lowest BCUT2D eigenvalue weighted by Gasteiger charge is -2.25. The number of rotatable bonds is 3. The Bertz CT molecular complexity index is 544. The minimum Gasteiger partial charge on any atom is -0.465 e. The molecule has 0 saturated heterocycles. The van der Waals surface area contributed by atoms with Crippen molar-refractivity contribution < 1.29 is 4.42 Å². The maximum atomic E-state index is 5.71. The summed E-state index contributed by atoms with van der Waals surface area (Å²) in [5.41, 5.74) is 6.74. The van der Waals surface area contributed by atoms with E-state index >= 15 is 0 Å². The molecule has 1 aliphatic heterocycles. The molecule has 2 N–H and O–H groups in total. The van der Waals surface area contributed by atoms with Gasteiger partial charge in [-0.25, -0.2) is 0 Å². The van der Waals surface area contributed by atoms with Crippen molar-refractivity contribution in [2.75, 3.05) is 6.54 Å². The first-order valence-corrected chi connectivity index (χ1v) is 6.13. The van der Waals surface area contributed by atoms with Crippen molar-refractivity contribution in [1.29, 1.82) is 0 Å². The van der Waals surface area contributed by atoms with E-state index < -0.39 is 0 Å². The Morgan fingerprint density at radius 2 is 2.33 bits per heavy atom. The lowest BCUT2D eigenvalue weighted by atomic mass is 10.2. The second-order valence-corrected chi connectivity index (χ2v) is 4.65. The van der Waals surface area contributed by atoms with E-state index in [0.29, 0.717) is 6.54 Å². The van der Waals surface area contributed by atoms with E-state index in [4.69, 9.17) is 10.2 Å². The molecule has 0 spiro atoms. The molecule has 18 heavy (non-hydrogen) atoms. The van der Waals surface area contributed by atoms with Crippen LogP contribution in [0.1, 0.15) is 22.9 Å². The van der Waals surface area contributed by atoms with Crippen LogP contribution in [-0.2, 0) is 26.2 Å². The first-order valence-electron chi connectivity index (χ1n) is 6.13. The first-order chi connectivity index (χ1) is 8.76. The van der Waals surface area contributed by atoms with Crippen LogP contribution in [0, 0.1) is 6.92 Å². The molecule has 1 aliphatic rings. The van der Waals surface area contributed by atoms with Crippen LogP contribution in [0.15, 0.2) is 16.8 Å². The summed E-state index contributed by atoms with van der Waals surface area (Å²) in [5.74, 6) is 2.91. The van der Waals surface area contributed by atoms with Gasteiger partial charge in [0.1, 0.15) is 23.7 Å². The van der Waals surface area contributed by atoms with Crippen molar-refractivity contribution in [2.45, 2.75) is 33.1 Å². The molecule has 2 aromatic heterocycles. The minimum absolute atomic E-state index is 0.531. The highest BCUT2D eigenvalue weighted by Crippen LogP contribution is 2.18. The molecule has 0 unspecified atom stereocenters. The van der Waals surface area contributed by atoms with Crippen molar-refractivity contribution in [3.05, 3.63) is 35.3 Å². The van der Waals surface area contributed by atoms with Crippen LogP contribution >= 0.6 is 0 Å². The molecule has 0 fully saturated rings. The Kier molecular flexibility index (Phi) is 2.89. The monoisotopic (exact) mass is 247 g/mol. The zero-order valence-corrected chi connectivity index (χ0v) is 10.5. The number of nitrogens with zero attached hydrogens (tertiary/aromatic N) is 4. The molecule has 3 heterocycles. The van der Waals surface area contributed by atoms with Crippen molar-refractivity contribution >= 4 is 0 Å². The number of hydrogen-bond donors (Lipinski definition) is 1. The molecule has 6 heteroatoms. The van der Waals surface area contributed by atoms with Gasteiger partial charge < -0.3 is 14.7 Å². The topological polar surface area (TPSA) is 73.1 Å². The fourth-order valence-corrected chi connectivity index (χ4v) is 2.34. The fraction of sp³-hybridized carbons (Fsp3) is 0.500. The highest BCUT2D eigenvalue weighted by molar-refractivity contribution is 5.20. The van der Waals surface area contributed by atoms with Crippen LogP contribution in [0.5, 0.6) is 0 Å². The van der Waals surface area contributed by atoms with E-state index in [1.165, 1.54) is 0 Å². The summed E-state index contributed by atoms with van der Waals surface area (Å²) in [6.45, 7) is 6.03. The third-order valence-electron chi connectivity index (χ3n) is 3.39. The fourth-order valence-electron chi connectivity index (χ4n) is 2.34. The summed E-state index contributed by atoms with van der Waals surface area (Å²) < 4.78 is 7.81. The lowest BCUT2D eigenvalue weighted by molar-refractivity contribution is 0.193. The SMILES string of the molecule is Cc1oc(CN2CCn3cnnc3C2)cc1CN. The average molecular weight is 247 g/mol. The van der Waals surface area contributed by atoms with Crippen LogP contribution in [0.4, 0.5) is 0 Å². The molecule has 0 atom stereocenters. The zero-order valence-electron chi connectivity index (χ0n) is 10.5. The second-order valence-electron chi connectivity index (χ2n) is 4.65. The Morgan fingerprint density at radius 1 is 1.44 bits per heavy atom. The maximum Gasteiger partial charge on any atom is 0.147 e. The molecular formula is C12H17N5O. The summed E-state index contributed by atoms with van der Waals surface area (Å²) in [6.07, 6.45) is 1.79. The third kappa shape index (κ3) is 2.04. The van der Waals surface area contributed by atoms with Gasteiger partial charge in [0.25, 0.3) is 0 Å². The summed E-state index contributed by atoms with van der Waals surface area (Å²) in [4.78, 5) is 2.31. The molecule has 0 amide bonds. The van der Waals surface area contributed by atoms with Crippen LogP contribution in [-0.4, -0.2) is 26.2 Å². The van der Waals surface area contributed by atoms with E-state index in [0.717, 1.165) is 49.1 Å². The van der Waals surface area contributed by atoms with E-state index in [1.807, 2.05) is 6.92 Å². The van der Waals surface area contributed by atoms with Gasteiger partial charge in [-0.15, -0.1) is 10.2 Å². The van der Waals surface area contributed by atoms with E-state index in [9.17, 15) is 0 Å². The van der Waals surface area contributed by atoms with Crippen molar-refractivity contribution in [1.82, 2.24) is 19.7 Å². The van der Waals surface area contributed by atoms with Crippen LogP contribution in [0.3, 0.4) is 0 Å². The van der Waals surface area contributed by atoms with Crippen molar-refractivity contribution in [3.8, 4) is 0 Å². The van der Waals surface area contributed by atoms with Gasteiger partial charge in [0.05, 0.1) is 13.1 Å². The Labute approximate surface area is 105 Å². The largest absolute Gasteiger partial charge is 0.465 e. The molecular weight excluding hydrogens is 230 g/mol. The molecule has 0 saturated carbocycles. The molecule has 0 radical (unpaired) electrons. The normalized spacial score (nSPS) is 15.9. The van der Waals surface area contributed by atoms with Gasteiger partial charge in [-0.3, -0.25) is 4.90 Å². The van der Waals surface area contributed by atoms with Gasteiger partial charge in [0, 0.05) is 25.2 Å². The molecule has 0 aliphatic carbocycles. The molecule has 0 aromatic carbocycles. The highest BCUT2D eigenvalue weighted by atomic mass is 16.3. The van der Waals surface area contributed by atoms with Gasteiger partial charge in [0.15, 0.2) is 0 Å². The molecule has 3 rings (SSSR count). The zero-order chi connectivity index (χ0) is 12.5. The predicted octanol–water partition coefficient (Wildman–Crippen LogP) is 0.654. The van der Waals surface area contributed by atoms with Gasteiger partial charge >= 0.3 is 0 Å². The summed E-state index contributed by atoms with van der Waals surface area (Å²) >= 11 is 0. The summed E-state index contributed by atoms with van der Waals surface area (Å²) in [5, 5.41) is 8.03. The van der Waals surface area contributed by atoms with Gasteiger partial charge in [-0.1, -0.05) is 0 Å². The van der Waals surface area contributed by atoms with E-state index in [-0.39, 0.29) is 0 Å². The molecule has 96 valence electrons. The van der Waals surface area contributed by atoms with Gasteiger partial charge in [0.2, 0.25) is 0 Å². The Hall–Kier alpha value is -1.66. The quantitative estimate of drug-likeness (QED) is 0.862. The number of furan rings is 1. The van der Waals surface area contributed by atoms with Crippen LogP contribution < -0.4 is 5.73 Å².